The number of aliphatic hydroxyl groups excluding tert-OH is 1. The Kier molecular flexibility index (Phi) is 5.23. The summed E-state index contributed by atoms with van der Waals surface area (Å²) in [5.41, 5.74) is 5.20. The van der Waals surface area contributed by atoms with Crippen molar-refractivity contribution in [3.05, 3.63) is 29.6 Å². The van der Waals surface area contributed by atoms with Gasteiger partial charge in [-0.25, -0.2) is 4.98 Å². The number of hydrogen-bond donors (Lipinski definition) is 3. The van der Waals surface area contributed by atoms with E-state index >= 15 is 0 Å². The number of carbonyl (C=O) groups excluding carboxylic acids is 2. The van der Waals surface area contributed by atoms with E-state index in [-0.39, 0.29) is 18.7 Å². The highest BCUT2D eigenvalue weighted by molar-refractivity contribution is 5.93. The SMILES string of the molecule is CC(C)(CC(N)=O)NC(=O)c1ccc(C#CCO)cn1. The first-order chi connectivity index (χ1) is 9.34. The zero-order valence-electron chi connectivity index (χ0n) is 11.4. The molecule has 2 amide bonds. The third kappa shape index (κ3) is 5.08. The van der Waals surface area contributed by atoms with Gasteiger partial charge in [0.2, 0.25) is 5.91 Å². The fraction of sp³-hybridized carbons (Fsp3) is 0.357. The molecule has 0 radical (unpaired) electrons. The molecule has 0 aliphatic rings. The Hall–Kier alpha value is -2.39. The molecule has 1 rings (SSSR count). The number of primary amides is 1. The lowest BCUT2D eigenvalue weighted by Gasteiger charge is -2.24. The molecule has 1 heterocycles. The molecule has 0 atom stereocenters. The Labute approximate surface area is 117 Å². The molecule has 0 unspecified atom stereocenters. The molecule has 0 saturated carbocycles. The molecule has 0 aliphatic carbocycles. The Bertz CT molecular complexity index is 553. The molecule has 0 saturated heterocycles. The summed E-state index contributed by atoms with van der Waals surface area (Å²) in [6, 6.07) is 3.16. The van der Waals surface area contributed by atoms with Crippen LogP contribution in [0, 0.1) is 11.8 Å². The maximum absolute atomic E-state index is 12.0. The number of nitrogens with zero attached hydrogens (tertiary/aromatic N) is 1. The highest BCUT2D eigenvalue weighted by Gasteiger charge is 2.23. The molecule has 1 aromatic rings. The summed E-state index contributed by atoms with van der Waals surface area (Å²) in [5, 5.41) is 11.3. The van der Waals surface area contributed by atoms with Crippen LogP contribution >= 0.6 is 0 Å². The van der Waals surface area contributed by atoms with E-state index in [2.05, 4.69) is 22.1 Å². The fourth-order valence-corrected chi connectivity index (χ4v) is 1.59. The van der Waals surface area contributed by atoms with E-state index in [1.165, 1.54) is 12.3 Å². The summed E-state index contributed by atoms with van der Waals surface area (Å²) in [6.45, 7) is 3.18. The van der Waals surface area contributed by atoms with Crippen LogP contribution in [0.1, 0.15) is 36.3 Å². The van der Waals surface area contributed by atoms with Crippen molar-refractivity contribution in [2.45, 2.75) is 25.8 Å². The van der Waals surface area contributed by atoms with E-state index in [1.54, 1.807) is 19.9 Å². The van der Waals surface area contributed by atoms with Crippen molar-refractivity contribution in [1.29, 1.82) is 0 Å². The number of amides is 2. The summed E-state index contributed by atoms with van der Waals surface area (Å²) in [6.07, 6.45) is 1.48. The summed E-state index contributed by atoms with van der Waals surface area (Å²) in [5.74, 6) is 4.29. The van der Waals surface area contributed by atoms with Gasteiger partial charge in [-0.05, 0) is 26.0 Å². The molecule has 0 fully saturated rings. The lowest BCUT2D eigenvalue weighted by Crippen LogP contribution is -2.46. The van der Waals surface area contributed by atoms with Crippen molar-refractivity contribution in [2.75, 3.05) is 6.61 Å². The maximum Gasteiger partial charge on any atom is 0.270 e. The second kappa shape index (κ2) is 6.68. The van der Waals surface area contributed by atoms with Crippen LogP contribution < -0.4 is 11.1 Å². The van der Waals surface area contributed by atoms with Crippen molar-refractivity contribution >= 4 is 11.8 Å². The van der Waals surface area contributed by atoms with E-state index in [9.17, 15) is 9.59 Å². The Morgan fingerprint density at radius 3 is 2.65 bits per heavy atom. The molecular weight excluding hydrogens is 258 g/mol. The van der Waals surface area contributed by atoms with Gasteiger partial charge in [-0.1, -0.05) is 11.8 Å². The molecule has 106 valence electrons. The van der Waals surface area contributed by atoms with Crippen molar-refractivity contribution in [3.8, 4) is 11.8 Å². The van der Waals surface area contributed by atoms with Gasteiger partial charge in [0.15, 0.2) is 0 Å². The van der Waals surface area contributed by atoms with Gasteiger partial charge in [-0.15, -0.1) is 0 Å². The van der Waals surface area contributed by atoms with Gasteiger partial charge in [-0.2, -0.15) is 0 Å². The molecular formula is C14H17N3O3. The first kappa shape index (κ1) is 15.7. The number of hydrogen-bond acceptors (Lipinski definition) is 4. The monoisotopic (exact) mass is 275 g/mol. The van der Waals surface area contributed by atoms with E-state index in [1.807, 2.05) is 0 Å². The van der Waals surface area contributed by atoms with Gasteiger partial charge >= 0.3 is 0 Å². The molecule has 0 bridgehead atoms. The standard InChI is InChI=1S/C14H17N3O3/c1-14(2,8-12(15)19)17-13(20)11-6-5-10(9-16-11)4-3-7-18/h5-6,9,18H,7-8H2,1-2H3,(H2,15,19)(H,17,20). The highest BCUT2D eigenvalue weighted by atomic mass is 16.2. The minimum absolute atomic E-state index is 0.0405. The van der Waals surface area contributed by atoms with Gasteiger partial charge in [-0.3, -0.25) is 9.59 Å². The number of nitrogens with two attached hydrogens (primary N) is 1. The fourth-order valence-electron chi connectivity index (χ4n) is 1.59. The molecule has 4 N–H and O–H groups in total. The summed E-state index contributed by atoms with van der Waals surface area (Å²) in [7, 11) is 0. The van der Waals surface area contributed by atoms with Crippen LogP contribution in [-0.4, -0.2) is 34.1 Å². The highest BCUT2D eigenvalue weighted by Crippen LogP contribution is 2.09. The van der Waals surface area contributed by atoms with Crippen LogP contribution in [0.25, 0.3) is 0 Å². The van der Waals surface area contributed by atoms with Crippen LogP contribution in [0.2, 0.25) is 0 Å². The number of pyridine rings is 1. The predicted octanol–water partition coefficient (Wildman–Crippen LogP) is -0.191. The number of carbonyl (C=O) groups is 2. The number of aromatic nitrogens is 1. The lowest BCUT2D eigenvalue weighted by molar-refractivity contribution is -0.119. The normalized spacial score (nSPS) is 10.3. The topological polar surface area (TPSA) is 105 Å². The molecule has 20 heavy (non-hydrogen) atoms. The van der Waals surface area contributed by atoms with Crippen LogP contribution in [0.4, 0.5) is 0 Å². The first-order valence-electron chi connectivity index (χ1n) is 6.00. The third-order valence-electron chi connectivity index (χ3n) is 2.38. The van der Waals surface area contributed by atoms with Gasteiger partial charge in [0, 0.05) is 23.7 Å². The van der Waals surface area contributed by atoms with Crippen LogP contribution in [0.3, 0.4) is 0 Å². The van der Waals surface area contributed by atoms with Crippen LogP contribution in [0.5, 0.6) is 0 Å². The Balaban J connectivity index is 2.75. The smallest absolute Gasteiger partial charge is 0.270 e. The largest absolute Gasteiger partial charge is 0.384 e. The number of nitrogens with one attached hydrogen (secondary N) is 1. The summed E-state index contributed by atoms with van der Waals surface area (Å²) >= 11 is 0. The summed E-state index contributed by atoms with van der Waals surface area (Å²) < 4.78 is 0. The second-order valence-electron chi connectivity index (χ2n) is 4.87. The molecule has 0 aromatic carbocycles. The molecule has 0 spiro atoms. The van der Waals surface area contributed by atoms with E-state index in [4.69, 9.17) is 10.8 Å². The van der Waals surface area contributed by atoms with Gasteiger partial charge in [0.05, 0.1) is 0 Å². The van der Waals surface area contributed by atoms with E-state index in [0.717, 1.165) is 0 Å². The Morgan fingerprint density at radius 1 is 1.45 bits per heavy atom. The number of rotatable bonds is 4. The Morgan fingerprint density at radius 2 is 2.15 bits per heavy atom. The van der Waals surface area contributed by atoms with E-state index in [0.29, 0.717) is 5.56 Å². The quantitative estimate of drug-likeness (QED) is 0.662. The average Bonchev–Trinajstić information content (AvgIpc) is 2.34. The maximum atomic E-state index is 12.0. The lowest BCUT2D eigenvalue weighted by atomic mass is 10.00. The van der Waals surface area contributed by atoms with Crippen molar-refractivity contribution in [3.63, 3.8) is 0 Å². The van der Waals surface area contributed by atoms with Crippen LogP contribution in [-0.2, 0) is 4.79 Å². The number of aliphatic hydroxyl groups is 1. The molecule has 6 heteroatoms. The minimum Gasteiger partial charge on any atom is -0.384 e. The third-order valence-corrected chi connectivity index (χ3v) is 2.38. The zero-order chi connectivity index (χ0) is 15.2. The van der Waals surface area contributed by atoms with Crippen molar-refractivity contribution in [2.24, 2.45) is 5.73 Å². The molecule has 6 nitrogen and oxygen atoms in total. The van der Waals surface area contributed by atoms with Gasteiger partial charge < -0.3 is 16.2 Å². The zero-order valence-corrected chi connectivity index (χ0v) is 11.4. The van der Waals surface area contributed by atoms with E-state index < -0.39 is 17.4 Å². The van der Waals surface area contributed by atoms with Crippen molar-refractivity contribution in [1.82, 2.24) is 10.3 Å². The second-order valence-corrected chi connectivity index (χ2v) is 4.87. The molecule has 0 aliphatic heterocycles. The van der Waals surface area contributed by atoms with Gasteiger partial charge in [0.1, 0.15) is 12.3 Å². The predicted molar refractivity (Wildman–Crippen MR) is 73.6 cm³/mol. The average molecular weight is 275 g/mol. The minimum atomic E-state index is -0.736. The van der Waals surface area contributed by atoms with Crippen molar-refractivity contribution < 1.29 is 14.7 Å². The first-order valence-corrected chi connectivity index (χ1v) is 6.00. The molecule has 1 aromatic heterocycles. The van der Waals surface area contributed by atoms with Crippen LogP contribution in [0.15, 0.2) is 18.3 Å². The van der Waals surface area contributed by atoms with Gasteiger partial charge in [0.25, 0.3) is 5.91 Å². The summed E-state index contributed by atoms with van der Waals surface area (Å²) in [4.78, 5) is 26.8.